The molecule has 0 fully saturated rings. The molecule has 0 unspecified atom stereocenters. The Labute approximate surface area is 153 Å². The Bertz CT molecular complexity index is 1110. The fourth-order valence-corrected chi connectivity index (χ4v) is 3.53. The number of hydrogen-bond donors (Lipinski definition) is 0. The highest BCUT2D eigenvalue weighted by molar-refractivity contribution is 5.91. The van der Waals surface area contributed by atoms with Gasteiger partial charge in [0.15, 0.2) is 6.29 Å². The van der Waals surface area contributed by atoms with Crippen LogP contribution in [-0.4, -0.2) is 11.3 Å². The average Bonchev–Trinajstić information content (AvgIpc) is 2.68. The smallest absolute Gasteiger partial charge is 0.168 e. The third-order valence-electron chi connectivity index (χ3n) is 4.89. The van der Waals surface area contributed by atoms with Crippen LogP contribution in [-0.2, 0) is 0 Å². The molecule has 3 aromatic carbocycles. The van der Waals surface area contributed by atoms with Crippen LogP contribution < -0.4 is 0 Å². The minimum Gasteiger partial charge on any atom is -0.296 e. The van der Waals surface area contributed by atoms with Crippen molar-refractivity contribution in [2.45, 2.75) is 13.8 Å². The van der Waals surface area contributed by atoms with Crippen LogP contribution in [0, 0.1) is 13.8 Å². The maximum Gasteiger partial charge on any atom is 0.168 e. The maximum absolute atomic E-state index is 11.0. The van der Waals surface area contributed by atoms with Crippen molar-refractivity contribution in [2.24, 2.45) is 0 Å². The molecule has 4 rings (SSSR count). The highest BCUT2D eigenvalue weighted by Gasteiger charge is 2.10. The van der Waals surface area contributed by atoms with Gasteiger partial charge in [-0.25, -0.2) is 4.98 Å². The molecular weight excluding hydrogens is 318 g/mol. The molecule has 0 spiro atoms. The minimum absolute atomic E-state index is 0.477. The van der Waals surface area contributed by atoms with Crippen molar-refractivity contribution >= 4 is 17.2 Å². The number of aldehydes is 1. The number of fused-ring (bicyclic) bond motifs is 1. The number of carbonyl (C=O) groups is 1. The summed E-state index contributed by atoms with van der Waals surface area (Å²) in [5, 5.41) is 1.08. The van der Waals surface area contributed by atoms with E-state index < -0.39 is 0 Å². The number of pyridine rings is 1. The van der Waals surface area contributed by atoms with Gasteiger partial charge in [0.1, 0.15) is 5.69 Å². The molecule has 0 aliphatic rings. The first-order chi connectivity index (χ1) is 12.7. The second kappa shape index (κ2) is 6.57. The Morgan fingerprint density at radius 2 is 1.50 bits per heavy atom. The fourth-order valence-electron chi connectivity index (χ4n) is 3.53. The molecular formula is C24H19NO. The van der Waals surface area contributed by atoms with E-state index in [0.717, 1.165) is 28.3 Å². The van der Waals surface area contributed by atoms with Gasteiger partial charge in [0.25, 0.3) is 0 Å². The second-order valence-corrected chi connectivity index (χ2v) is 6.56. The van der Waals surface area contributed by atoms with Gasteiger partial charge in [-0.05, 0) is 65.4 Å². The van der Waals surface area contributed by atoms with E-state index in [0.29, 0.717) is 5.69 Å². The standard InChI is InChI=1S/C24H19NO/c1-16-13-20(15-26)25-24-12-11-19(14-23(16)24)22-10-6-9-21(17(22)2)18-7-4-3-5-8-18/h3-15H,1-2H3. The van der Waals surface area contributed by atoms with Gasteiger partial charge in [-0.3, -0.25) is 4.79 Å². The van der Waals surface area contributed by atoms with Gasteiger partial charge < -0.3 is 0 Å². The van der Waals surface area contributed by atoms with Crippen LogP contribution in [0.2, 0.25) is 0 Å². The van der Waals surface area contributed by atoms with E-state index in [1.54, 1.807) is 0 Å². The molecule has 0 aliphatic carbocycles. The number of nitrogens with zero attached hydrogens (tertiary/aromatic N) is 1. The minimum atomic E-state index is 0.477. The predicted octanol–water partition coefficient (Wildman–Crippen LogP) is 6.00. The van der Waals surface area contributed by atoms with Crippen LogP contribution >= 0.6 is 0 Å². The largest absolute Gasteiger partial charge is 0.296 e. The van der Waals surface area contributed by atoms with Crippen LogP contribution in [0.25, 0.3) is 33.2 Å². The van der Waals surface area contributed by atoms with Crippen molar-refractivity contribution < 1.29 is 4.79 Å². The molecule has 0 amide bonds. The highest BCUT2D eigenvalue weighted by Crippen LogP contribution is 2.33. The summed E-state index contributed by atoms with van der Waals surface area (Å²) in [6.07, 6.45) is 0.799. The normalized spacial score (nSPS) is 10.8. The summed E-state index contributed by atoms with van der Waals surface area (Å²) in [7, 11) is 0. The zero-order valence-electron chi connectivity index (χ0n) is 14.9. The lowest BCUT2D eigenvalue weighted by molar-refractivity contribution is 0.111. The van der Waals surface area contributed by atoms with Gasteiger partial charge in [0, 0.05) is 5.39 Å². The monoisotopic (exact) mass is 337 g/mol. The number of aromatic nitrogens is 1. The Balaban J connectivity index is 1.88. The summed E-state index contributed by atoms with van der Waals surface area (Å²) in [6, 6.07) is 25.0. The number of carbonyl (C=O) groups excluding carboxylic acids is 1. The molecule has 0 saturated carbocycles. The van der Waals surface area contributed by atoms with Gasteiger partial charge >= 0.3 is 0 Å². The lowest BCUT2D eigenvalue weighted by atomic mass is 9.92. The number of hydrogen-bond acceptors (Lipinski definition) is 2. The number of aryl methyl sites for hydroxylation is 1. The molecule has 2 heteroatoms. The van der Waals surface area contributed by atoms with Gasteiger partial charge in [-0.15, -0.1) is 0 Å². The summed E-state index contributed by atoms with van der Waals surface area (Å²) < 4.78 is 0. The second-order valence-electron chi connectivity index (χ2n) is 6.56. The molecule has 2 nitrogen and oxygen atoms in total. The molecule has 4 aromatic rings. The molecule has 0 atom stereocenters. The molecule has 0 aliphatic heterocycles. The van der Waals surface area contributed by atoms with Crippen LogP contribution in [0.5, 0.6) is 0 Å². The van der Waals surface area contributed by atoms with E-state index in [1.807, 2.05) is 25.1 Å². The van der Waals surface area contributed by atoms with Crippen molar-refractivity contribution in [2.75, 3.05) is 0 Å². The van der Waals surface area contributed by atoms with E-state index in [2.05, 4.69) is 66.5 Å². The predicted molar refractivity (Wildman–Crippen MR) is 107 cm³/mol. The van der Waals surface area contributed by atoms with Crippen molar-refractivity contribution in [3.63, 3.8) is 0 Å². The van der Waals surface area contributed by atoms with Crippen LogP contribution in [0.3, 0.4) is 0 Å². The SMILES string of the molecule is Cc1c(-c2ccccc2)cccc1-c1ccc2nc(C=O)cc(C)c2c1. The van der Waals surface area contributed by atoms with E-state index in [9.17, 15) is 4.79 Å². The third-order valence-corrected chi connectivity index (χ3v) is 4.89. The number of benzene rings is 3. The number of rotatable bonds is 3. The third kappa shape index (κ3) is 2.80. The zero-order chi connectivity index (χ0) is 18.1. The van der Waals surface area contributed by atoms with E-state index >= 15 is 0 Å². The van der Waals surface area contributed by atoms with Crippen LogP contribution in [0.4, 0.5) is 0 Å². The maximum atomic E-state index is 11.0. The highest BCUT2D eigenvalue weighted by atomic mass is 16.1. The Kier molecular flexibility index (Phi) is 4.10. The Hall–Kier alpha value is -3.26. The molecule has 26 heavy (non-hydrogen) atoms. The summed E-state index contributed by atoms with van der Waals surface area (Å²) in [5.74, 6) is 0. The first kappa shape index (κ1) is 16.2. The lowest BCUT2D eigenvalue weighted by Gasteiger charge is -2.13. The van der Waals surface area contributed by atoms with Gasteiger partial charge in [0.05, 0.1) is 5.52 Å². The summed E-state index contributed by atoms with van der Waals surface area (Å²) >= 11 is 0. The van der Waals surface area contributed by atoms with Crippen LogP contribution in [0.15, 0.2) is 72.8 Å². The van der Waals surface area contributed by atoms with Crippen molar-refractivity contribution in [1.29, 1.82) is 0 Å². The average molecular weight is 337 g/mol. The van der Waals surface area contributed by atoms with E-state index in [1.165, 1.54) is 22.3 Å². The molecule has 0 radical (unpaired) electrons. The summed E-state index contributed by atoms with van der Waals surface area (Å²) in [6.45, 7) is 4.19. The molecule has 1 aromatic heterocycles. The molecule has 0 saturated heterocycles. The van der Waals surface area contributed by atoms with Crippen molar-refractivity contribution in [3.8, 4) is 22.3 Å². The zero-order valence-corrected chi connectivity index (χ0v) is 14.9. The van der Waals surface area contributed by atoms with Gasteiger partial charge in [-0.1, -0.05) is 54.6 Å². The Morgan fingerprint density at radius 1 is 0.769 bits per heavy atom. The first-order valence-corrected chi connectivity index (χ1v) is 8.69. The quantitative estimate of drug-likeness (QED) is 0.429. The first-order valence-electron chi connectivity index (χ1n) is 8.69. The molecule has 0 N–H and O–H groups in total. The molecule has 126 valence electrons. The van der Waals surface area contributed by atoms with Crippen molar-refractivity contribution in [3.05, 3.63) is 89.6 Å². The molecule has 0 bridgehead atoms. The summed E-state index contributed by atoms with van der Waals surface area (Å²) in [5.41, 5.74) is 8.50. The summed E-state index contributed by atoms with van der Waals surface area (Å²) in [4.78, 5) is 15.5. The van der Waals surface area contributed by atoms with E-state index in [4.69, 9.17) is 0 Å². The van der Waals surface area contributed by atoms with Crippen LogP contribution in [0.1, 0.15) is 21.6 Å². The Morgan fingerprint density at radius 3 is 2.23 bits per heavy atom. The molecule has 1 heterocycles. The topological polar surface area (TPSA) is 30.0 Å². The fraction of sp³-hybridized carbons (Fsp3) is 0.0833. The van der Waals surface area contributed by atoms with Gasteiger partial charge in [-0.2, -0.15) is 0 Å². The lowest BCUT2D eigenvalue weighted by Crippen LogP contribution is -1.93. The van der Waals surface area contributed by atoms with Crippen molar-refractivity contribution in [1.82, 2.24) is 4.98 Å². The van der Waals surface area contributed by atoms with Gasteiger partial charge in [0.2, 0.25) is 0 Å². The van der Waals surface area contributed by atoms with E-state index in [-0.39, 0.29) is 0 Å².